The van der Waals surface area contributed by atoms with Crippen molar-refractivity contribution in [2.75, 3.05) is 10.6 Å². The summed E-state index contributed by atoms with van der Waals surface area (Å²) >= 11 is 0. The standard InChI is InChI=1S/C34H53F3N6O2/c1-30(2,3)42-24-14-12-11-13-22(24)38-28(42)40-26(44)19-32(7,8)18-21-15-16-25-23(17-21)39-29(43(25)31(4,5)6)41-27(45)20-33(9,10)34(35,36)37/h21H,11-20H2,1-10H3,(H,38,40,44)(H,39,41,45). The number of nitrogens with one attached hydrogen (secondary N) is 2. The maximum Gasteiger partial charge on any atom is 0.394 e. The number of hydrogen-bond donors (Lipinski definition) is 2. The molecule has 2 N–H and O–H groups in total. The Morgan fingerprint density at radius 3 is 1.76 bits per heavy atom. The number of hydrogen-bond acceptors (Lipinski definition) is 4. The number of aryl methyl sites for hydroxylation is 1. The second-order valence-electron chi connectivity index (χ2n) is 16.7. The molecule has 11 heteroatoms. The van der Waals surface area contributed by atoms with Gasteiger partial charge in [-0.1, -0.05) is 27.7 Å². The van der Waals surface area contributed by atoms with Crippen molar-refractivity contribution in [3.63, 3.8) is 0 Å². The van der Waals surface area contributed by atoms with Crippen LogP contribution in [-0.2, 0) is 46.4 Å². The quantitative estimate of drug-likeness (QED) is 0.308. The second-order valence-corrected chi connectivity index (χ2v) is 16.7. The summed E-state index contributed by atoms with van der Waals surface area (Å²) in [6.07, 6.45) is 2.49. The van der Waals surface area contributed by atoms with Crippen LogP contribution >= 0.6 is 0 Å². The van der Waals surface area contributed by atoms with Crippen molar-refractivity contribution in [1.82, 2.24) is 19.1 Å². The van der Waals surface area contributed by atoms with Gasteiger partial charge in [-0.2, -0.15) is 13.2 Å². The average Bonchev–Trinajstić information content (AvgIpc) is 3.38. The maximum atomic E-state index is 13.4. The lowest BCUT2D eigenvalue weighted by atomic mass is 9.75. The van der Waals surface area contributed by atoms with E-state index in [1.54, 1.807) is 0 Å². The van der Waals surface area contributed by atoms with Crippen LogP contribution < -0.4 is 10.6 Å². The second kappa shape index (κ2) is 12.1. The van der Waals surface area contributed by atoms with E-state index in [9.17, 15) is 22.8 Å². The van der Waals surface area contributed by atoms with Gasteiger partial charge in [0.15, 0.2) is 0 Å². The van der Waals surface area contributed by atoms with Gasteiger partial charge in [0.1, 0.15) is 0 Å². The lowest BCUT2D eigenvalue weighted by molar-refractivity contribution is -0.213. The first kappa shape index (κ1) is 35.0. The summed E-state index contributed by atoms with van der Waals surface area (Å²) in [4.78, 5) is 35.8. The third-order valence-corrected chi connectivity index (χ3v) is 9.15. The number of alkyl halides is 3. The smallest absolute Gasteiger partial charge is 0.309 e. The zero-order valence-electron chi connectivity index (χ0n) is 28.9. The number of halogens is 3. The van der Waals surface area contributed by atoms with Gasteiger partial charge >= 0.3 is 6.18 Å². The fraction of sp³-hybridized carbons (Fsp3) is 0.765. The van der Waals surface area contributed by atoms with Gasteiger partial charge in [0, 0.05) is 35.3 Å². The van der Waals surface area contributed by atoms with E-state index in [1.165, 1.54) is 5.69 Å². The minimum absolute atomic E-state index is 0.0480. The van der Waals surface area contributed by atoms with Crippen LogP contribution in [0.2, 0.25) is 0 Å². The van der Waals surface area contributed by atoms with E-state index in [0.717, 1.165) is 75.9 Å². The van der Waals surface area contributed by atoms with Crippen molar-refractivity contribution >= 4 is 23.7 Å². The molecule has 0 spiro atoms. The highest BCUT2D eigenvalue weighted by Crippen LogP contribution is 2.42. The number of aromatic nitrogens is 4. The van der Waals surface area contributed by atoms with E-state index in [0.29, 0.717) is 24.7 Å². The predicted octanol–water partition coefficient (Wildman–Crippen LogP) is 7.94. The number of amides is 2. The number of carbonyl (C=O) groups excluding carboxylic acids is 2. The molecule has 0 bridgehead atoms. The third-order valence-electron chi connectivity index (χ3n) is 9.15. The molecule has 4 rings (SSSR count). The predicted molar refractivity (Wildman–Crippen MR) is 171 cm³/mol. The summed E-state index contributed by atoms with van der Waals surface area (Å²) in [5.74, 6) is 0.459. The molecule has 8 nitrogen and oxygen atoms in total. The summed E-state index contributed by atoms with van der Waals surface area (Å²) in [5.41, 5.74) is 1.16. The van der Waals surface area contributed by atoms with Crippen LogP contribution in [0.15, 0.2) is 0 Å². The van der Waals surface area contributed by atoms with Gasteiger partial charge in [0.05, 0.1) is 16.8 Å². The van der Waals surface area contributed by atoms with Crippen LogP contribution in [-0.4, -0.2) is 37.1 Å². The summed E-state index contributed by atoms with van der Waals surface area (Å²) in [5, 5.41) is 5.84. The van der Waals surface area contributed by atoms with Crippen LogP contribution in [0.5, 0.6) is 0 Å². The number of imidazole rings is 2. The van der Waals surface area contributed by atoms with Crippen molar-refractivity contribution in [1.29, 1.82) is 0 Å². The van der Waals surface area contributed by atoms with Crippen LogP contribution in [0.4, 0.5) is 25.1 Å². The summed E-state index contributed by atoms with van der Waals surface area (Å²) < 4.78 is 44.5. The molecular formula is C34H53F3N6O2. The van der Waals surface area contributed by atoms with Gasteiger partial charge in [-0.15, -0.1) is 0 Å². The molecule has 2 aromatic heterocycles. The lowest BCUT2D eigenvalue weighted by Gasteiger charge is -2.33. The minimum atomic E-state index is -4.49. The van der Waals surface area contributed by atoms with E-state index < -0.39 is 29.5 Å². The Kier molecular flexibility index (Phi) is 9.39. The number of fused-ring (bicyclic) bond motifs is 2. The number of anilines is 2. The van der Waals surface area contributed by atoms with Crippen LogP contribution in [0.25, 0.3) is 0 Å². The Hall–Kier alpha value is -2.85. The fourth-order valence-electron chi connectivity index (χ4n) is 7.09. The summed E-state index contributed by atoms with van der Waals surface area (Å²) in [7, 11) is 0. The zero-order valence-corrected chi connectivity index (χ0v) is 28.9. The summed E-state index contributed by atoms with van der Waals surface area (Å²) in [6, 6.07) is 0. The normalized spacial score (nSPS) is 17.9. The topological polar surface area (TPSA) is 93.8 Å². The fourth-order valence-corrected chi connectivity index (χ4v) is 7.09. The van der Waals surface area contributed by atoms with E-state index in [4.69, 9.17) is 9.97 Å². The molecule has 1 unspecified atom stereocenters. The largest absolute Gasteiger partial charge is 0.394 e. The lowest BCUT2D eigenvalue weighted by Crippen LogP contribution is -2.36. The Bertz CT molecular complexity index is 1420. The SMILES string of the molecule is CC(C)(CC(=O)Nc1nc2c(n1C(C)(C)C)CCCC2)CC1CCc2c(nc(NC(=O)CC(C)(C)C(F)(F)F)n2C(C)(C)C)C1. The van der Waals surface area contributed by atoms with Gasteiger partial charge in [0.25, 0.3) is 0 Å². The first-order valence-corrected chi connectivity index (χ1v) is 16.4. The van der Waals surface area contributed by atoms with E-state index in [2.05, 4.69) is 49.8 Å². The molecule has 0 radical (unpaired) electrons. The van der Waals surface area contributed by atoms with Gasteiger partial charge in [0.2, 0.25) is 23.7 Å². The first-order valence-electron chi connectivity index (χ1n) is 16.4. The Morgan fingerprint density at radius 2 is 1.22 bits per heavy atom. The highest BCUT2D eigenvalue weighted by molar-refractivity contribution is 5.90. The van der Waals surface area contributed by atoms with Crippen molar-refractivity contribution in [2.24, 2.45) is 16.7 Å². The molecule has 0 aromatic carbocycles. The zero-order chi connectivity index (χ0) is 33.8. The molecule has 2 heterocycles. The Labute approximate surface area is 266 Å². The van der Waals surface area contributed by atoms with E-state index in [1.807, 2.05) is 25.3 Å². The molecule has 0 fully saturated rings. The molecule has 2 aliphatic rings. The van der Waals surface area contributed by atoms with Crippen molar-refractivity contribution in [2.45, 2.75) is 151 Å². The highest BCUT2D eigenvalue weighted by atomic mass is 19.4. The summed E-state index contributed by atoms with van der Waals surface area (Å²) in [6.45, 7) is 18.7. The molecule has 2 aliphatic carbocycles. The monoisotopic (exact) mass is 634 g/mol. The molecule has 252 valence electrons. The minimum Gasteiger partial charge on any atom is -0.309 e. The average molecular weight is 635 g/mol. The van der Waals surface area contributed by atoms with Crippen molar-refractivity contribution < 1.29 is 22.8 Å². The van der Waals surface area contributed by atoms with Crippen molar-refractivity contribution in [3.05, 3.63) is 22.8 Å². The van der Waals surface area contributed by atoms with Crippen molar-refractivity contribution in [3.8, 4) is 0 Å². The molecule has 2 amide bonds. The van der Waals surface area contributed by atoms with Gasteiger partial charge in [-0.3, -0.25) is 20.2 Å². The van der Waals surface area contributed by atoms with Crippen LogP contribution in [0, 0.1) is 16.7 Å². The third kappa shape index (κ3) is 7.94. The highest BCUT2D eigenvalue weighted by Gasteiger charge is 2.48. The molecule has 0 saturated heterocycles. The first-order chi connectivity index (χ1) is 20.5. The number of rotatable bonds is 8. The van der Waals surface area contributed by atoms with Gasteiger partial charge in [-0.05, 0) is 104 Å². The molecule has 0 saturated carbocycles. The molecule has 1 atom stereocenters. The van der Waals surface area contributed by atoms with Gasteiger partial charge in [-0.25, -0.2) is 9.97 Å². The van der Waals surface area contributed by atoms with Gasteiger partial charge < -0.3 is 9.13 Å². The maximum absolute atomic E-state index is 13.4. The van der Waals surface area contributed by atoms with E-state index in [-0.39, 0.29) is 22.8 Å². The molecule has 0 aliphatic heterocycles. The molecular weight excluding hydrogens is 581 g/mol. The van der Waals surface area contributed by atoms with E-state index >= 15 is 0 Å². The van der Waals surface area contributed by atoms with Crippen LogP contribution in [0.3, 0.4) is 0 Å². The Morgan fingerprint density at radius 1 is 0.733 bits per heavy atom. The molecule has 2 aromatic rings. The number of nitrogens with zero attached hydrogens (tertiary/aromatic N) is 4. The molecule has 45 heavy (non-hydrogen) atoms. The Balaban J connectivity index is 1.45. The number of carbonyl (C=O) groups is 2. The van der Waals surface area contributed by atoms with Crippen LogP contribution in [0.1, 0.15) is 131 Å².